The van der Waals surface area contributed by atoms with E-state index in [2.05, 4.69) is 12.6 Å². The van der Waals surface area contributed by atoms with E-state index >= 15 is 0 Å². The van der Waals surface area contributed by atoms with Crippen molar-refractivity contribution in [3.05, 3.63) is 0 Å². The molecule has 13 heavy (non-hydrogen) atoms. The summed E-state index contributed by atoms with van der Waals surface area (Å²) in [7, 11) is -2.86. The minimum Gasteiger partial charge on any atom is -0.212 e. The highest BCUT2D eigenvalue weighted by Gasteiger charge is 2.26. The van der Waals surface area contributed by atoms with Crippen molar-refractivity contribution in [1.29, 1.82) is 0 Å². The van der Waals surface area contributed by atoms with Crippen LogP contribution in [-0.2, 0) is 10.0 Å². The van der Waals surface area contributed by atoms with Gasteiger partial charge in [-0.05, 0) is 25.0 Å². The second kappa shape index (κ2) is 5.22. The Bertz CT molecular complexity index is 239. The summed E-state index contributed by atoms with van der Waals surface area (Å²) in [6.45, 7) is 1.43. The first-order chi connectivity index (χ1) is 6.17. The molecule has 0 atom stereocenters. The Hall–Kier alpha value is 0.260. The predicted octanol–water partition coefficient (Wildman–Crippen LogP) is 1.12. The van der Waals surface area contributed by atoms with Crippen LogP contribution in [0.3, 0.4) is 0 Å². The summed E-state index contributed by atoms with van der Waals surface area (Å²) in [5.74, 6) is 1.24. The Balaban J connectivity index is 2.22. The zero-order chi connectivity index (χ0) is 9.73. The van der Waals surface area contributed by atoms with Crippen molar-refractivity contribution >= 4 is 22.7 Å². The second-order valence-corrected chi connectivity index (χ2v) is 5.89. The van der Waals surface area contributed by atoms with E-state index in [0.29, 0.717) is 12.3 Å². The van der Waals surface area contributed by atoms with Crippen molar-refractivity contribution in [2.75, 3.05) is 24.6 Å². The van der Waals surface area contributed by atoms with Gasteiger partial charge in [-0.3, -0.25) is 0 Å². The molecule has 0 aromatic heterocycles. The Morgan fingerprint density at radius 3 is 2.54 bits per heavy atom. The number of hydrogen-bond acceptors (Lipinski definition) is 3. The van der Waals surface area contributed by atoms with Crippen molar-refractivity contribution in [2.45, 2.75) is 25.7 Å². The molecule has 0 radical (unpaired) electrons. The van der Waals surface area contributed by atoms with Gasteiger partial charge in [-0.1, -0.05) is 6.42 Å². The molecule has 1 rings (SSSR count). The van der Waals surface area contributed by atoms with E-state index in [0.717, 1.165) is 38.0 Å². The van der Waals surface area contributed by atoms with Gasteiger partial charge in [0.15, 0.2) is 0 Å². The van der Waals surface area contributed by atoms with Gasteiger partial charge in [0, 0.05) is 13.1 Å². The van der Waals surface area contributed by atoms with Crippen molar-refractivity contribution in [1.82, 2.24) is 4.31 Å². The van der Waals surface area contributed by atoms with Crippen LogP contribution in [0.1, 0.15) is 25.7 Å². The molecule has 0 aliphatic carbocycles. The van der Waals surface area contributed by atoms with Gasteiger partial charge in [-0.2, -0.15) is 12.6 Å². The summed E-state index contributed by atoms with van der Waals surface area (Å²) in [5, 5.41) is 0. The lowest BCUT2D eigenvalue weighted by atomic mass is 10.2. The molecule has 0 unspecified atom stereocenters. The number of rotatable bonds is 5. The number of nitrogens with zero attached hydrogens (tertiary/aromatic N) is 1. The maximum absolute atomic E-state index is 11.3. The van der Waals surface area contributed by atoms with Gasteiger partial charge in [0.1, 0.15) is 0 Å². The Kier molecular flexibility index (Phi) is 4.55. The van der Waals surface area contributed by atoms with E-state index in [-0.39, 0.29) is 0 Å². The molecule has 1 aliphatic rings. The van der Waals surface area contributed by atoms with Gasteiger partial charge in [-0.25, -0.2) is 12.7 Å². The smallest absolute Gasteiger partial charge is 0.212 e. The van der Waals surface area contributed by atoms with E-state index in [1.54, 1.807) is 4.31 Å². The van der Waals surface area contributed by atoms with Crippen LogP contribution in [0.2, 0.25) is 0 Å². The SMILES string of the molecule is O=S1(=O)CCCN1CCCCCS. The van der Waals surface area contributed by atoms with Crippen LogP contribution in [-0.4, -0.2) is 37.3 Å². The first-order valence-electron chi connectivity index (χ1n) is 4.75. The minimum atomic E-state index is -2.86. The highest BCUT2D eigenvalue weighted by atomic mass is 32.2. The first-order valence-corrected chi connectivity index (χ1v) is 6.99. The summed E-state index contributed by atoms with van der Waals surface area (Å²) in [4.78, 5) is 0. The molecule has 1 saturated heterocycles. The quantitative estimate of drug-likeness (QED) is 0.560. The first kappa shape index (κ1) is 11.3. The molecule has 0 saturated carbocycles. The largest absolute Gasteiger partial charge is 0.214 e. The standard InChI is InChI=1S/C8H17NO2S2/c10-13(11)8-4-6-9(13)5-2-1-3-7-12/h12H,1-8H2. The summed E-state index contributed by atoms with van der Waals surface area (Å²) >= 11 is 4.11. The number of thiol groups is 1. The van der Waals surface area contributed by atoms with Crippen molar-refractivity contribution in [3.63, 3.8) is 0 Å². The van der Waals surface area contributed by atoms with Gasteiger partial charge >= 0.3 is 0 Å². The van der Waals surface area contributed by atoms with Crippen LogP contribution in [0.4, 0.5) is 0 Å². The van der Waals surface area contributed by atoms with Crippen molar-refractivity contribution < 1.29 is 8.42 Å². The lowest BCUT2D eigenvalue weighted by Crippen LogP contribution is -2.26. The summed E-state index contributed by atoms with van der Waals surface area (Å²) < 4.78 is 24.3. The van der Waals surface area contributed by atoms with Crippen LogP contribution < -0.4 is 0 Å². The highest BCUT2D eigenvalue weighted by Crippen LogP contribution is 2.14. The normalized spacial score (nSPS) is 22.2. The number of sulfonamides is 1. The number of unbranched alkanes of at least 4 members (excludes halogenated alkanes) is 2. The average molecular weight is 223 g/mol. The fourth-order valence-corrected chi connectivity index (χ4v) is 3.31. The third-order valence-corrected chi connectivity index (χ3v) is 4.54. The number of hydrogen-bond donors (Lipinski definition) is 1. The lowest BCUT2D eigenvalue weighted by Gasteiger charge is -2.13. The molecule has 78 valence electrons. The summed E-state index contributed by atoms with van der Waals surface area (Å²) in [6, 6.07) is 0. The molecule has 0 aromatic carbocycles. The summed E-state index contributed by atoms with van der Waals surface area (Å²) in [6.07, 6.45) is 3.93. The monoisotopic (exact) mass is 223 g/mol. The maximum atomic E-state index is 11.3. The summed E-state index contributed by atoms with van der Waals surface area (Å²) in [5.41, 5.74) is 0. The maximum Gasteiger partial charge on any atom is 0.214 e. The van der Waals surface area contributed by atoms with Crippen LogP contribution in [0.5, 0.6) is 0 Å². The Labute approximate surface area is 86.0 Å². The molecule has 1 fully saturated rings. The van der Waals surface area contributed by atoms with Crippen LogP contribution in [0.15, 0.2) is 0 Å². The Morgan fingerprint density at radius 2 is 2.00 bits per heavy atom. The highest BCUT2D eigenvalue weighted by molar-refractivity contribution is 7.89. The van der Waals surface area contributed by atoms with Gasteiger partial charge in [-0.15, -0.1) is 0 Å². The van der Waals surface area contributed by atoms with Crippen LogP contribution in [0.25, 0.3) is 0 Å². The van der Waals surface area contributed by atoms with E-state index in [1.165, 1.54) is 0 Å². The zero-order valence-corrected chi connectivity index (χ0v) is 9.49. The average Bonchev–Trinajstić information content (AvgIpc) is 2.40. The van der Waals surface area contributed by atoms with E-state index in [1.807, 2.05) is 0 Å². The molecule has 0 aromatic rings. The fourth-order valence-electron chi connectivity index (χ4n) is 1.52. The Morgan fingerprint density at radius 1 is 1.23 bits per heavy atom. The van der Waals surface area contributed by atoms with Gasteiger partial charge < -0.3 is 0 Å². The van der Waals surface area contributed by atoms with E-state index < -0.39 is 10.0 Å². The molecule has 0 spiro atoms. The van der Waals surface area contributed by atoms with Crippen LogP contribution >= 0.6 is 12.6 Å². The topological polar surface area (TPSA) is 37.4 Å². The molecule has 0 N–H and O–H groups in total. The molecule has 5 heteroatoms. The molecule has 0 amide bonds. The van der Waals surface area contributed by atoms with Gasteiger partial charge in [0.25, 0.3) is 0 Å². The minimum absolute atomic E-state index is 0.347. The lowest BCUT2D eigenvalue weighted by molar-refractivity contribution is 0.429. The second-order valence-electron chi connectivity index (χ2n) is 3.35. The van der Waals surface area contributed by atoms with Gasteiger partial charge in [0.05, 0.1) is 5.75 Å². The predicted molar refractivity (Wildman–Crippen MR) is 57.7 cm³/mol. The fraction of sp³-hybridized carbons (Fsp3) is 1.00. The van der Waals surface area contributed by atoms with Gasteiger partial charge in [0.2, 0.25) is 10.0 Å². The molecule has 1 heterocycles. The van der Waals surface area contributed by atoms with Crippen molar-refractivity contribution in [2.24, 2.45) is 0 Å². The molecular weight excluding hydrogens is 206 g/mol. The van der Waals surface area contributed by atoms with Crippen molar-refractivity contribution in [3.8, 4) is 0 Å². The van der Waals surface area contributed by atoms with E-state index in [9.17, 15) is 8.42 Å². The third-order valence-electron chi connectivity index (χ3n) is 2.27. The van der Waals surface area contributed by atoms with E-state index in [4.69, 9.17) is 0 Å². The molecule has 1 aliphatic heterocycles. The molecule has 3 nitrogen and oxygen atoms in total. The zero-order valence-electron chi connectivity index (χ0n) is 7.78. The molecular formula is C8H17NO2S2. The van der Waals surface area contributed by atoms with Crippen LogP contribution in [0, 0.1) is 0 Å². The molecule has 0 bridgehead atoms. The third kappa shape index (κ3) is 3.48.